The number of rotatable bonds is 9. The second-order valence-corrected chi connectivity index (χ2v) is 5.38. The molecule has 130 valence electrons. The van der Waals surface area contributed by atoms with Gasteiger partial charge in [0.05, 0.1) is 13.7 Å². The van der Waals surface area contributed by atoms with Gasteiger partial charge < -0.3 is 25.0 Å². The Morgan fingerprint density at radius 3 is 2.70 bits per heavy atom. The summed E-state index contributed by atoms with van der Waals surface area (Å²) in [6.07, 6.45) is 0.0129. The van der Waals surface area contributed by atoms with E-state index in [-0.39, 0.29) is 6.10 Å². The smallest absolute Gasteiger partial charge is 0.191 e. The Bertz CT molecular complexity index is 479. The Morgan fingerprint density at radius 2 is 2.04 bits per heavy atom. The normalized spacial score (nSPS) is 12.9. The molecule has 0 saturated carbocycles. The van der Waals surface area contributed by atoms with Crippen molar-refractivity contribution in [2.45, 2.75) is 20.0 Å². The molecule has 0 bridgehead atoms. The first-order chi connectivity index (χ1) is 11.1. The predicted octanol–water partition coefficient (Wildman–Crippen LogP) is 1.58. The highest BCUT2D eigenvalue weighted by Gasteiger charge is 2.06. The van der Waals surface area contributed by atoms with Crippen molar-refractivity contribution in [3.8, 4) is 11.5 Å². The molecular weight excluding hydrogens is 292 g/mol. The van der Waals surface area contributed by atoms with E-state index in [1.54, 1.807) is 14.2 Å². The van der Waals surface area contributed by atoms with E-state index in [1.165, 1.54) is 0 Å². The van der Waals surface area contributed by atoms with Gasteiger partial charge in [-0.15, -0.1) is 0 Å². The minimum atomic E-state index is 0.0129. The fraction of sp³-hybridized carbons (Fsp3) is 0.588. The zero-order valence-electron chi connectivity index (χ0n) is 14.9. The van der Waals surface area contributed by atoms with Crippen molar-refractivity contribution in [1.82, 2.24) is 15.5 Å². The van der Waals surface area contributed by atoms with Crippen molar-refractivity contribution in [3.05, 3.63) is 24.3 Å². The van der Waals surface area contributed by atoms with E-state index >= 15 is 0 Å². The lowest BCUT2D eigenvalue weighted by molar-refractivity contribution is 0.223. The Morgan fingerprint density at radius 1 is 1.30 bits per heavy atom. The van der Waals surface area contributed by atoms with Crippen LogP contribution in [-0.2, 0) is 0 Å². The van der Waals surface area contributed by atoms with Gasteiger partial charge in [0.25, 0.3) is 0 Å². The number of hydrogen-bond donors (Lipinski definition) is 2. The van der Waals surface area contributed by atoms with Crippen molar-refractivity contribution in [1.29, 1.82) is 0 Å². The Labute approximate surface area is 139 Å². The SMILES string of the molecule is CCN(C)CCNC(=NC)NCC(C)Oc1cccc(OC)c1. The van der Waals surface area contributed by atoms with Gasteiger partial charge in [-0.1, -0.05) is 13.0 Å². The molecule has 2 N–H and O–H groups in total. The summed E-state index contributed by atoms with van der Waals surface area (Å²) in [4.78, 5) is 6.46. The lowest BCUT2D eigenvalue weighted by atomic mass is 10.3. The number of ether oxygens (including phenoxy) is 2. The molecule has 23 heavy (non-hydrogen) atoms. The maximum atomic E-state index is 5.88. The largest absolute Gasteiger partial charge is 0.497 e. The summed E-state index contributed by atoms with van der Waals surface area (Å²) in [5.41, 5.74) is 0. The lowest BCUT2D eigenvalue weighted by Crippen LogP contribution is -2.44. The van der Waals surface area contributed by atoms with E-state index in [4.69, 9.17) is 9.47 Å². The van der Waals surface area contributed by atoms with Gasteiger partial charge in [-0.25, -0.2) is 0 Å². The first-order valence-corrected chi connectivity index (χ1v) is 8.02. The van der Waals surface area contributed by atoms with Crippen LogP contribution in [0, 0.1) is 0 Å². The van der Waals surface area contributed by atoms with E-state index in [1.807, 2.05) is 31.2 Å². The highest BCUT2D eigenvalue weighted by molar-refractivity contribution is 5.79. The second-order valence-electron chi connectivity index (χ2n) is 5.38. The molecule has 6 nitrogen and oxygen atoms in total. The third-order valence-corrected chi connectivity index (χ3v) is 3.48. The highest BCUT2D eigenvalue weighted by atomic mass is 16.5. The predicted molar refractivity (Wildman–Crippen MR) is 95.6 cm³/mol. The summed E-state index contributed by atoms with van der Waals surface area (Å²) in [5, 5.41) is 6.57. The first kappa shape index (κ1) is 19.1. The summed E-state index contributed by atoms with van der Waals surface area (Å²) < 4.78 is 11.1. The zero-order valence-corrected chi connectivity index (χ0v) is 14.9. The first-order valence-electron chi connectivity index (χ1n) is 8.02. The number of aliphatic imine (C=N–C) groups is 1. The minimum Gasteiger partial charge on any atom is -0.497 e. The van der Waals surface area contributed by atoms with Crippen LogP contribution in [0.4, 0.5) is 0 Å². The average Bonchev–Trinajstić information content (AvgIpc) is 2.57. The topological polar surface area (TPSA) is 58.1 Å². The van der Waals surface area contributed by atoms with Gasteiger partial charge >= 0.3 is 0 Å². The molecule has 6 heteroatoms. The molecule has 0 aromatic heterocycles. The molecule has 1 unspecified atom stereocenters. The van der Waals surface area contributed by atoms with Gasteiger partial charge in [-0.3, -0.25) is 4.99 Å². The van der Waals surface area contributed by atoms with Crippen LogP contribution >= 0.6 is 0 Å². The molecule has 0 saturated heterocycles. The van der Waals surface area contributed by atoms with E-state index < -0.39 is 0 Å². The zero-order chi connectivity index (χ0) is 17.1. The van der Waals surface area contributed by atoms with Gasteiger partial charge in [0.2, 0.25) is 0 Å². The van der Waals surface area contributed by atoms with E-state index in [0.29, 0.717) is 6.54 Å². The van der Waals surface area contributed by atoms with Crippen LogP contribution in [0.25, 0.3) is 0 Å². The van der Waals surface area contributed by atoms with E-state index in [2.05, 4.69) is 34.5 Å². The van der Waals surface area contributed by atoms with Gasteiger partial charge in [0, 0.05) is 26.2 Å². The maximum absolute atomic E-state index is 5.88. The average molecular weight is 322 g/mol. The van der Waals surface area contributed by atoms with Gasteiger partial charge in [0.1, 0.15) is 17.6 Å². The van der Waals surface area contributed by atoms with Crippen molar-refractivity contribution in [2.24, 2.45) is 4.99 Å². The molecule has 0 heterocycles. The number of likely N-dealkylation sites (N-methyl/N-ethyl adjacent to an activating group) is 1. The van der Waals surface area contributed by atoms with Crippen molar-refractivity contribution >= 4 is 5.96 Å². The summed E-state index contributed by atoms with van der Waals surface area (Å²) in [7, 11) is 5.52. The number of nitrogens with zero attached hydrogens (tertiary/aromatic N) is 2. The second kappa shape index (κ2) is 10.7. The Kier molecular flexibility index (Phi) is 8.90. The van der Waals surface area contributed by atoms with Crippen molar-refractivity contribution in [2.75, 3.05) is 47.4 Å². The summed E-state index contributed by atoms with van der Waals surface area (Å²) in [6.45, 7) is 7.71. The van der Waals surface area contributed by atoms with Crippen LogP contribution in [-0.4, -0.2) is 64.3 Å². The number of nitrogens with one attached hydrogen (secondary N) is 2. The monoisotopic (exact) mass is 322 g/mol. The maximum Gasteiger partial charge on any atom is 0.191 e. The van der Waals surface area contributed by atoms with E-state index in [9.17, 15) is 0 Å². The van der Waals surface area contributed by atoms with Crippen LogP contribution in [0.15, 0.2) is 29.3 Å². The molecule has 1 aromatic carbocycles. The fourth-order valence-corrected chi connectivity index (χ4v) is 1.93. The quantitative estimate of drug-likeness (QED) is 0.534. The third-order valence-electron chi connectivity index (χ3n) is 3.48. The molecule has 1 aromatic rings. The third kappa shape index (κ3) is 7.74. The lowest BCUT2D eigenvalue weighted by Gasteiger charge is -2.19. The number of guanidine groups is 1. The van der Waals surface area contributed by atoms with Crippen LogP contribution in [0.5, 0.6) is 11.5 Å². The Hall–Kier alpha value is -1.95. The van der Waals surface area contributed by atoms with Crippen molar-refractivity contribution in [3.63, 3.8) is 0 Å². The summed E-state index contributed by atoms with van der Waals surface area (Å²) >= 11 is 0. The van der Waals surface area contributed by atoms with Gasteiger partial charge in [-0.05, 0) is 32.6 Å². The standard InChI is InChI=1S/C17H30N4O2/c1-6-21(4)11-10-19-17(18-3)20-13-14(2)23-16-9-7-8-15(12-16)22-5/h7-9,12,14H,6,10-11,13H2,1-5H3,(H2,18,19,20). The number of hydrogen-bond acceptors (Lipinski definition) is 4. The highest BCUT2D eigenvalue weighted by Crippen LogP contribution is 2.19. The molecule has 0 fully saturated rings. The fourth-order valence-electron chi connectivity index (χ4n) is 1.93. The molecule has 0 spiro atoms. The molecule has 0 aliphatic carbocycles. The molecule has 1 rings (SSSR count). The molecule has 0 aliphatic rings. The molecule has 1 atom stereocenters. The minimum absolute atomic E-state index is 0.0129. The number of methoxy groups -OCH3 is 1. The van der Waals surface area contributed by atoms with Gasteiger partial charge in [-0.2, -0.15) is 0 Å². The molecule has 0 aliphatic heterocycles. The van der Waals surface area contributed by atoms with Crippen molar-refractivity contribution < 1.29 is 9.47 Å². The molecule has 0 radical (unpaired) electrons. The van der Waals surface area contributed by atoms with Crippen LogP contribution in [0.3, 0.4) is 0 Å². The van der Waals surface area contributed by atoms with E-state index in [0.717, 1.165) is 37.1 Å². The molecular formula is C17H30N4O2. The van der Waals surface area contributed by atoms with Crippen LogP contribution in [0.1, 0.15) is 13.8 Å². The van der Waals surface area contributed by atoms with Crippen LogP contribution in [0.2, 0.25) is 0 Å². The van der Waals surface area contributed by atoms with Gasteiger partial charge in [0.15, 0.2) is 5.96 Å². The summed E-state index contributed by atoms with van der Waals surface area (Å²) in [5.74, 6) is 2.38. The summed E-state index contributed by atoms with van der Waals surface area (Å²) in [6, 6.07) is 7.62. The Balaban J connectivity index is 2.34. The molecule has 0 amide bonds. The van der Waals surface area contributed by atoms with Crippen LogP contribution < -0.4 is 20.1 Å². The number of benzene rings is 1.